The van der Waals surface area contributed by atoms with E-state index < -0.39 is 0 Å². The Hall–Kier alpha value is -2.28. The molecule has 23 heavy (non-hydrogen) atoms. The molecule has 1 aliphatic heterocycles. The Morgan fingerprint density at radius 2 is 2.13 bits per heavy atom. The van der Waals surface area contributed by atoms with Crippen molar-refractivity contribution in [2.24, 2.45) is 0 Å². The quantitative estimate of drug-likeness (QED) is 0.650. The minimum Gasteiger partial charge on any atom is -0.352 e. The second-order valence-corrected chi connectivity index (χ2v) is 6.25. The molecule has 0 atom stereocenters. The number of carbonyl (C=O) groups is 1. The number of benzene rings is 1. The fourth-order valence-electron chi connectivity index (χ4n) is 2.42. The van der Waals surface area contributed by atoms with E-state index in [0.717, 1.165) is 29.9 Å². The van der Waals surface area contributed by atoms with Crippen molar-refractivity contribution in [3.63, 3.8) is 0 Å². The molecule has 1 N–H and O–H groups in total. The van der Waals surface area contributed by atoms with Crippen molar-refractivity contribution in [3.8, 4) is 0 Å². The topological polar surface area (TPSA) is 63.1 Å². The van der Waals surface area contributed by atoms with E-state index in [9.17, 15) is 4.79 Å². The highest BCUT2D eigenvalue weighted by Crippen LogP contribution is 2.31. The van der Waals surface area contributed by atoms with Gasteiger partial charge in [-0.2, -0.15) is 0 Å². The summed E-state index contributed by atoms with van der Waals surface area (Å²) in [6.45, 7) is 7.83. The van der Waals surface area contributed by atoms with Crippen molar-refractivity contribution in [2.45, 2.75) is 18.6 Å². The van der Waals surface area contributed by atoms with Gasteiger partial charge in [-0.1, -0.05) is 35.5 Å². The molecule has 1 aromatic heterocycles. The molecule has 0 aliphatic carbocycles. The maximum atomic E-state index is 11.7. The Labute approximate surface area is 139 Å². The summed E-state index contributed by atoms with van der Waals surface area (Å²) < 4.78 is 2.06. The average Bonchev–Trinajstić information content (AvgIpc) is 3.14. The first-order valence-electron chi connectivity index (χ1n) is 7.47. The van der Waals surface area contributed by atoms with Crippen LogP contribution in [-0.2, 0) is 11.3 Å². The Balaban J connectivity index is 1.69. The van der Waals surface area contributed by atoms with Gasteiger partial charge in [0.25, 0.3) is 0 Å². The SMILES string of the molecule is C=CCNC(=O)CSc1nnc2n1CCN2c1ccc(C)cc1. The van der Waals surface area contributed by atoms with Gasteiger partial charge in [0.2, 0.25) is 11.9 Å². The molecule has 0 radical (unpaired) electrons. The van der Waals surface area contributed by atoms with Crippen LogP contribution >= 0.6 is 11.8 Å². The number of amides is 1. The molecular weight excluding hydrogens is 310 g/mol. The first kappa shape index (κ1) is 15.6. The van der Waals surface area contributed by atoms with E-state index in [0.29, 0.717) is 12.3 Å². The third kappa shape index (κ3) is 3.39. The van der Waals surface area contributed by atoms with Gasteiger partial charge in [0.15, 0.2) is 5.16 Å². The van der Waals surface area contributed by atoms with Crippen LogP contribution in [-0.4, -0.2) is 39.5 Å². The highest BCUT2D eigenvalue weighted by molar-refractivity contribution is 7.99. The summed E-state index contributed by atoms with van der Waals surface area (Å²) in [5.41, 5.74) is 2.35. The number of aromatic nitrogens is 3. The van der Waals surface area contributed by atoms with Gasteiger partial charge in [-0.25, -0.2) is 0 Å². The normalized spacial score (nSPS) is 13.0. The number of fused-ring (bicyclic) bond motifs is 1. The van der Waals surface area contributed by atoms with Gasteiger partial charge in [0, 0.05) is 25.3 Å². The van der Waals surface area contributed by atoms with Crippen molar-refractivity contribution >= 4 is 29.3 Å². The molecule has 0 unspecified atom stereocenters. The number of thioether (sulfide) groups is 1. The van der Waals surface area contributed by atoms with Crippen molar-refractivity contribution < 1.29 is 4.79 Å². The lowest BCUT2D eigenvalue weighted by molar-refractivity contribution is -0.118. The summed E-state index contributed by atoms with van der Waals surface area (Å²) in [6, 6.07) is 8.37. The van der Waals surface area contributed by atoms with Crippen LogP contribution in [0.3, 0.4) is 0 Å². The summed E-state index contributed by atoms with van der Waals surface area (Å²) >= 11 is 1.41. The fourth-order valence-corrected chi connectivity index (χ4v) is 3.21. The predicted octanol–water partition coefficient (Wildman–Crippen LogP) is 2.13. The van der Waals surface area contributed by atoms with Gasteiger partial charge in [-0.3, -0.25) is 9.36 Å². The molecule has 7 heteroatoms. The van der Waals surface area contributed by atoms with Gasteiger partial charge in [0.1, 0.15) is 0 Å². The average molecular weight is 329 g/mol. The van der Waals surface area contributed by atoms with E-state index in [4.69, 9.17) is 0 Å². The number of carbonyl (C=O) groups excluding carboxylic acids is 1. The molecule has 2 aromatic rings. The molecule has 0 bridgehead atoms. The molecule has 6 nitrogen and oxygen atoms in total. The van der Waals surface area contributed by atoms with E-state index in [1.807, 2.05) is 0 Å². The molecule has 120 valence electrons. The van der Waals surface area contributed by atoms with Crippen LogP contribution in [0.25, 0.3) is 0 Å². The maximum absolute atomic E-state index is 11.7. The monoisotopic (exact) mass is 329 g/mol. The summed E-state index contributed by atoms with van der Waals surface area (Å²) in [6.07, 6.45) is 1.66. The van der Waals surface area contributed by atoms with E-state index in [1.54, 1.807) is 6.08 Å². The smallest absolute Gasteiger partial charge is 0.232 e. The number of nitrogens with one attached hydrogen (secondary N) is 1. The van der Waals surface area contributed by atoms with E-state index in [-0.39, 0.29) is 5.91 Å². The van der Waals surface area contributed by atoms with Crippen molar-refractivity contribution in [1.29, 1.82) is 0 Å². The lowest BCUT2D eigenvalue weighted by Gasteiger charge is -2.15. The Morgan fingerprint density at radius 3 is 2.87 bits per heavy atom. The molecular formula is C16H19N5OS. The number of rotatable bonds is 6. The van der Waals surface area contributed by atoms with E-state index >= 15 is 0 Å². The number of aryl methyl sites for hydroxylation is 1. The number of hydrogen-bond acceptors (Lipinski definition) is 5. The summed E-state index contributed by atoms with van der Waals surface area (Å²) in [5.74, 6) is 1.14. The van der Waals surface area contributed by atoms with Crippen molar-refractivity contribution in [3.05, 3.63) is 42.5 Å². The fraction of sp³-hybridized carbons (Fsp3) is 0.312. The first-order chi connectivity index (χ1) is 11.2. The van der Waals surface area contributed by atoms with Crippen LogP contribution < -0.4 is 10.2 Å². The third-order valence-electron chi connectivity index (χ3n) is 3.61. The van der Waals surface area contributed by atoms with Crippen LogP contribution in [0.15, 0.2) is 42.1 Å². The molecule has 0 saturated heterocycles. The summed E-state index contributed by atoms with van der Waals surface area (Å²) in [7, 11) is 0. The highest BCUT2D eigenvalue weighted by atomic mass is 32.2. The van der Waals surface area contributed by atoms with Gasteiger partial charge < -0.3 is 10.2 Å². The predicted molar refractivity (Wildman–Crippen MR) is 92.1 cm³/mol. The van der Waals surface area contributed by atoms with Crippen molar-refractivity contribution in [2.75, 3.05) is 23.7 Å². The zero-order valence-corrected chi connectivity index (χ0v) is 13.8. The second kappa shape index (κ2) is 6.87. The highest BCUT2D eigenvalue weighted by Gasteiger charge is 2.26. The van der Waals surface area contributed by atoms with Crippen LogP contribution in [0.2, 0.25) is 0 Å². The van der Waals surface area contributed by atoms with Gasteiger partial charge in [0.05, 0.1) is 5.75 Å². The molecule has 1 aliphatic rings. The first-order valence-corrected chi connectivity index (χ1v) is 8.45. The van der Waals surface area contributed by atoms with Crippen LogP contribution in [0.1, 0.15) is 5.56 Å². The van der Waals surface area contributed by atoms with Crippen LogP contribution in [0, 0.1) is 6.92 Å². The molecule has 0 saturated carbocycles. The second-order valence-electron chi connectivity index (χ2n) is 5.30. The molecule has 0 spiro atoms. The minimum absolute atomic E-state index is 0.0272. The van der Waals surface area contributed by atoms with Gasteiger partial charge in [-0.05, 0) is 19.1 Å². The zero-order valence-electron chi connectivity index (χ0n) is 13.0. The Bertz CT molecular complexity index is 710. The summed E-state index contributed by atoms with van der Waals surface area (Å²) in [5, 5.41) is 12.0. The molecule has 0 fully saturated rings. The number of anilines is 2. The Kier molecular flexibility index (Phi) is 4.66. The minimum atomic E-state index is -0.0272. The Morgan fingerprint density at radius 1 is 1.35 bits per heavy atom. The van der Waals surface area contributed by atoms with E-state index in [2.05, 4.69) is 62.7 Å². The standard InChI is InChI=1S/C16H19N5OS/c1-3-8-17-14(22)11-23-16-19-18-15-20(9-10-21(15)16)13-6-4-12(2)5-7-13/h3-7H,1,8-11H2,2H3,(H,17,22). The van der Waals surface area contributed by atoms with Gasteiger partial charge in [-0.15, -0.1) is 16.8 Å². The zero-order chi connectivity index (χ0) is 16.2. The lowest BCUT2D eigenvalue weighted by Crippen LogP contribution is -2.25. The summed E-state index contributed by atoms with van der Waals surface area (Å²) in [4.78, 5) is 13.8. The molecule has 1 amide bonds. The molecule has 3 rings (SSSR count). The van der Waals surface area contributed by atoms with E-state index in [1.165, 1.54) is 17.3 Å². The van der Waals surface area contributed by atoms with Gasteiger partial charge >= 0.3 is 0 Å². The number of nitrogens with zero attached hydrogens (tertiary/aromatic N) is 4. The maximum Gasteiger partial charge on any atom is 0.232 e. The van der Waals surface area contributed by atoms with Crippen LogP contribution in [0.4, 0.5) is 11.6 Å². The molecule has 1 aromatic carbocycles. The lowest BCUT2D eigenvalue weighted by atomic mass is 10.2. The van der Waals surface area contributed by atoms with Crippen molar-refractivity contribution in [1.82, 2.24) is 20.1 Å². The third-order valence-corrected chi connectivity index (χ3v) is 4.57. The largest absolute Gasteiger partial charge is 0.352 e. The number of hydrogen-bond donors (Lipinski definition) is 1. The molecule has 2 heterocycles. The van der Waals surface area contributed by atoms with Crippen LogP contribution in [0.5, 0.6) is 0 Å².